The molecule has 0 aliphatic rings. The van der Waals surface area contributed by atoms with Gasteiger partial charge in [0.05, 0.1) is 15.9 Å². The Morgan fingerprint density at radius 1 is 1.17 bits per heavy atom. The summed E-state index contributed by atoms with van der Waals surface area (Å²) in [6.45, 7) is 0. The van der Waals surface area contributed by atoms with Crippen molar-refractivity contribution in [2.24, 2.45) is 0 Å². The van der Waals surface area contributed by atoms with E-state index in [1.54, 1.807) is 18.3 Å². The van der Waals surface area contributed by atoms with Gasteiger partial charge in [-0.15, -0.1) is 11.3 Å². The number of nitrogens with zero attached hydrogens (tertiary/aromatic N) is 4. The van der Waals surface area contributed by atoms with Gasteiger partial charge >= 0.3 is 0 Å². The first-order chi connectivity index (χ1) is 10.9. The van der Waals surface area contributed by atoms with E-state index >= 15 is 0 Å². The minimum absolute atomic E-state index is 0.262. The number of hydrogen-bond donors (Lipinski definition) is 1. The fourth-order valence-electron chi connectivity index (χ4n) is 1.83. The van der Waals surface area contributed by atoms with Crippen LogP contribution in [0.25, 0.3) is 22.1 Å². The summed E-state index contributed by atoms with van der Waals surface area (Å²) in [5.41, 5.74) is 7.86. The number of thiazole rings is 1. The standard InChI is InChI=1S/C13H10BrN5O2S2/c1-23(20,21)13-17-3-2-8(19-13)11-10(14)7(15)6-9(18-11)12-16-4-5-22-12/h2-6H,1H3,(H2,15,18). The lowest BCUT2D eigenvalue weighted by Crippen LogP contribution is -2.05. The van der Waals surface area contributed by atoms with E-state index < -0.39 is 9.84 Å². The SMILES string of the molecule is CS(=O)(=O)c1nccc(-c2nc(-c3nccs3)cc(N)c2Br)n1. The van der Waals surface area contributed by atoms with Gasteiger partial charge < -0.3 is 5.73 Å². The monoisotopic (exact) mass is 411 g/mol. The number of halogens is 1. The van der Waals surface area contributed by atoms with Gasteiger partial charge in [0.15, 0.2) is 0 Å². The molecule has 0 aliphatic carbocycles. The normalized spacial score (nSPS) is 11.6. The lowest BCUT2D eigenvalue weighted by Gasteiger charge is -2.09. The maximum Gasteiger partial charge on any atom is 0.247 e. The number of sulfone groups is 1. The van der Waals surface area contributed by atoms with Crippen LogP contribution < -0.4 is 5.73 Å². The van der Waals surface area contributed by atoms with Crippen LogP contribution in [0.1, 0.15) is 0 Å². The molecule has 23 heavy (non-hydrogen) atoms. The van der Waals surface area contributed by atoms with Crippen LogP contribution in [0.2, 0.25) is 0 Å². The van der Waals surface area contributed by atoms with E-state index in [1.165, 1.54) is 17.5 Å². The first-order valence-electron chi connectivity index (χ1n) is 6.25. The van der Waals surface area contributed by atoms with Crippen molar-refractivity contribution in [3.8, 4) is 22.1 Å². The summed E-state index contributed by atoms with van der Waals surface area (Å²) in [4.78, 5) is 16.6. The summed E-state index contributed by atoms with van der Waals surface area (Å²) in [7, 11) is -3.52. The maximum atomic E-state index is 11.6. The zero-order valence-corrected chi connectivity index (χ0v) is 15.0. The first-order valence-corrected chi connectivity index (χ1v) is 9.82. The molecule has 0 saturated carbocycles. The summed E-state index contributed by atoms with van der Waals surface area (Å²) in [6.07, 6.45) is 4.10. The minimum Gasteiger partial charge on any atom is -0.398 e. The number of nitrogen functional groups attached to an aromatic ring is 1. The van der Waals surface area contributed by atoms with E-state index in [0.717, 1.165) is 6.26 Å². The Hall–Kier alpha value is -1.91. The molecular formula is C13H10BrN5O2S2. The zero-order valence-electron chi connectivity index (χ0n) is 11.8. The van der Waals surface area contributed by atoms with Crippen molar-refractivity contribution in [1.29, 1.82) is 0 Å². The average Bonchev–Trinajstić information content (AvgIpc) is 3.03. The molecule has 7 nitrogen and oxygen atoms in total. The quantitative estimate of drug-likeness (QED) is 0.658. The number of hydrogen-bond acceptors (Lipinski definition) is 8. The molecule has 118 valence electrons. The van der Waals surface area contributed by atoms with E-state index in [0.29, 0.717) is 32.2 Å². The van der Waals surface area contributed by atoms with Crippen molar-refractivity contribution in [3.63, 3.8) is 0 Å². The number of nitrogens with two attached hydrogens (primary N) is 1. The second kappa shape index (κ2) is 5.95. The molecule has 3 aromatic rings. The number of pyridine rings is 1. The molecule has 0 spiro atoms. The lowest BCUT2D eigenvalue weighted by atomic mass is 10.2. The Bertz CT molecular complexity index is 974. The molecule has 0 aromatic carbocycles. The van der Waals surface area contributed by atoms with E-state index in [1.807, 2.05) is 5.38 Å². The first kappa shape index (κ1) is 16.0. The van der Waals surface area contributed by atoms with Gasteiger partial charge in [-0.2, -0.15) is 0 Å². The molecule has 0 fully saturated rings. The van der Waals surface area contributed by atoms with Crippen molar-refractivity contribution in [3.05, 3.63) is 34.4 Å². The fourth-order valence-corrected chi connectivity index (χ4v) is 3.35. The third-order valence-electron chi connectivity index (χ3n) is 2.85. The van der Waals surface area contributed by atoms with E-state index in [4.69, 9.17) is 5.73 Å². The van der Waals surface area contributed by atoms with Crippen LogP contribution in [-0.2, 0) is 9.84 Å². The summed E-state index contributed by atoms with van der Waals surface area (Å²) >= 11 is 4.80. The highest BCUT2D eigenvalue weighted by atomic mass is 79.9. The summed E-state index contributed by atoms with van der Waals surface area (Å²) in [5, 5.41) is 2.28. The van der Waals surface area contributed by atoms with Crippen LogP contribution in [0.4, 0.5) is 5.69 Å². The Kier molecular flexibility index (Phi) is 4.13. The molecule has 10 heteroatoms. The molecule has 0 saturated heterocycles. The fraction of sp³-hybridized carbons (Fsp3) is 0.0769. The van der Waals surface area contributed by atoms with Gasteiger partial charge in [0.25, 0.3) is 0 Å². The van der Waals surface area contributed by atoms with Crippen molar-refractivity contribution in [2.75, 3.05) is 12.0 Å². The van der Waals surface area contributed by atoms with Crippen LogP contribution in [0.5, 0.6) is 0 Å². The van der Waals surface area contributed by atoms with E-state index in [2.05, 4.69) is 35.9 Å². The third-order valence-corrected chi connectivity index (χ3v) is 5.33. The van der Waals surface area contributed by atoms with Gasteiger partial charge in [-0.3, -0.25) is 0 Å². The smallest absolute Gasteiger partial charge is 0.247 e. The number of aromatic nitrogens is 4. The lowest BCUT2D eigenvalue weighted by molar-refractivity contribution is 0.593. The maximum absolute atomic E-state index is 11.6. The second-order valence-corrected chi connectivity index (χ2v) is 8.19. The highest BCUT2D eigenvalue weighted by Crippen LogP contribution is 2.34. The van der Waals surface area contributed by atoms with Crippen LogP contribution in [-0.4, -0.2) is 34.6 Å². The highest BCUT2D eigenvalue weighted by Gasteiger charge is 2.17. The van der Waals surface area contributed by atoms with Crippen LogP contribution in [0, 0.1) is 0 Å². The number of rotatable bonds is 3. The third kappa shape index (κ3) is 3.23. The topological polar surface area (TPSA) is 112 Å². The molecule has 0 aliphatic heterocycles. The van der Waals surface area contributed by atoms with Crippen molar-refractivity contribution >= 4 is 42.8 Å². The van der Waals surface area contributed by atoms with Crippen molar-refractivity contribution in [2.45, 2.75) is 5.16 Å². The minimum atomic E-state index is -3.52. The van der Waals surface area contributed by atoms with Gasteiger partial charge in [0.2, 0.25) is 15.0 Å². The Morgan fingerprint density at radius 2 is 1.96 bits per heavy atom. The molecule has 0 atom stereocenters. The van der Waals surface area contributed by atoms with Gasteiger partial charge in [-0.1, -0.05) is 0 Å². The van der Waals surface area contributed by atoms with Gasteiger partial charge in [-0.05, 0) is 28.1 Å². The predicted molar refractivity (Wildman–Crippen MR) is 91.6 cm³/mol. The van der Waals surface area contributed by atoms with Gasteiger partial charge in [-0.25, -0.2) is 28.4 Å². The second-order valence-electron chi connectivity index (χ2n) is 4.59. The summed E-state index contributed by atoms with van der Waals surface area (Å²) < 4.78 is 23.8. The summed E-state index contributed by atoms with van der Waals surface area (Å²) in [5.74, 6) is 0. The molecule has 3 aromatic heterocycles. The Morgan fingerprint density at radius 3 is 2.61 bits per heavy atom. The molecule has 3 rings (SSSR count). The van der Waals surface area contributed by atoms with Crippen LogP contribution >= 0.6 is 27.3 Å². The van der Waals surface area contributed by atoms with E-state index in [-0.39, 0.29) is 5.16 Å². The van der Waals surface area contributed by atoms with Crippen molar-refractivity contribution < 1.29 is 8.42 Å². The largest absolute Gasteiger partial charge is 0.398 e. The molecule has 0 bridgehead atoms. The van der Waals surface area contributed by atoms with Crippen molar-refractivity contribution in [1.82, 2.24) is 19.9 Å². The molecular weight excluding hydrogens is 402 g/mol. The molecule has 0 radical (unpaired) electrons. The van der Waals surface area contributed by atoms with Gasteiger partial charge in [0, 0.05) is 24.0 Å². The van der Waals surface area contributed by atoms with Crippen LogP contribution in [0.3, 0.4) is 0 Å². The Balaban J connectivity index is 2.20. The highest BCUT2D eigenvalue weighted by molar-refractivity contribution is 9.10. The average molecular weight is 412 g/mol. The molecule has 2 N–H and O–H groups in total. The summed E-state index contributed by atoms with van der Waals surface area (Å²) in [6, 6.07) is 3.28. The number of anilines is 1. The molecule has 0 unspecified atom stereocenters. The van der Waals surface area contributed by atoms with Gasteiger partial charge in [0.1, 0.15) is 16.4 Å². The molecule has 0 amide bonds. The predicted octanol–water partition coefficient (Wildman–Crippen LogP) is 2.41. The van der Waals surface area contributed by atoms with Crippen LogP contribution in [0.15, 0.2) is 39.5 Å². The zero-order chi connectivity index (χ0) is 16.6. The van der Waals surface area contributed by atoms with E-state index in [9.17, 15) is 8.42 Å². The molecule has 3 heterocycles. The Labute approximate surface area is 144 Å².